The molecule has 6 heteroatoms. The van der Waals surface area contributed by atoms with Gasteiger partial charge >= 0.3 is 6.18 Å². The summed E-state index contributed by atoms with van der Waals surface area (Å²) in [6.45, 7) is 2.65. The van der Waals surface area contributed by atoms with Crippen molar-refractivity contribution in [2.75, 3.05) is 6.54 Å². The molecule has 1 unspecified atom stereocenters. The molecule has 0 aliphatic carbocycles. The molecule has 1 atom stereocenters. The van der Waals surface area contributed by atoms with Crippen LogP contribution in [0.2, 0.25) is 0 Å². The van der Waals surface area contributed by atoms with Crippen LogP contribution in [0.4, 0.5) is 13.2 Å². The van der Waals surface area contributed by atoms with Crippen molar-refractivity contribution in [1.82, 2.24) is 9.55 Å². The molecule has 2 rings (SSSR count). The number of hydrogen-bond acceptors (Lipinski definition) is 2. The fourth-order valence-corrected chi connectivity index (χ4v) is 2.14. The van der Waals surface area contributed by atoms with Gasteiger partial charge in [-0.25, -0.2) is 4.98 Å². The van der Waals surface area contributed by atoms with E-state index in [0.29, 0.717) is 29.9 Å². The molecule has 0 aliphatic heterocycles. The van der Waals surface area contributed by atoms with Crippen molar-refractivity contribution >= 4 is 11.0 Å². The number of halogens is 3. The summed E-state index contributed by atoms with van der Waals surface area (Å²) in [6.07, 6.45) is -2.75. The van der Waals surface area contributed by atoms with Gasteiger partial charge in [0.05, 0.1) is 16.6 Å². The van der Waals surface area contributed by atoms with Gasteiger partial charge in [-0.3, -0.25) is 0 Å². The van der Waals surface area contributed by atoms with Crippen LogP contribution in [-0.2, 0) is 19.6 Å². The highest BCUT2D eigenvalue weighted by Crippen LogP contribution is 2.31. The average molecular weight is 285 g/mol. The minimum Gasteiger partial charge on any atom is -0.331 e. The third-order valence-corrected chi connectivity index (χ3v) is 3.56. The normalized spacial score (nSPS) is 13.9. The number of nitrogens with zero attached hydrogens (tertiary/aromatic N) is 2. The van der Waals surface area contributed by atoms with Gasteiger partial charge in [-0.1, -0.05) is 6.92 Å². The van der Waals surface area contributed by atoms with Crippen LogP contribution in [0.3, 0.4) is 0 Å². The van der Waals surface area contributed by atoms with Gasteiger partial charge in [-0.05, 0) is 37.1 Å². The van der Waals surface area contributed by atoms with E-state index in [9.17, 15) is 13.2 Å². The summed E-state index contributed by atoms with van der Waals surface area (Å²) in [6, 6.07) is 3.67. The second kappa shape index (κ2) is 5.44. The summed E-state index contributed by atoms with van der Waals surface area (Å²) >= 11 is 0. The Morgan fingerprint density at radius 2 is 2.05 bits per heavy atom. The van der Waals surface area contributed by atoms with Gasteiger partial charge in [-0.15, -0.1) is 0 Å². The third kappa shape index (κ3) is 2.95. The van der Waals surface area contributed by atoms with Gasteiger partial charge in [0.25, 0.3) is 0 Å². The number of hydrogen-bond donors (Lipinski definition) is 1. The van der Waals surface area contributed by atoms with E-state index >= 15 is 0 Å². The van der Waals surface area contributed by atoms with Gasteiger partial charge < -0.3 is 10.3 Å². The Balaban J connectivity index is 2.32. The Morgan fingerprint density at radius 3 is 2.65 bits per heavy atom. The monoisotopic (exact) mass is 285 g/mol. The lowest BCUT2D eigenvalue weighted by Gasteiger charge is -2.07. The fraction of sp³-hybridized carbons (Fsp3) is 0.500. The molecule has 2 N–H and O–H groups in total. The highest BCUT2D eigenvalue weighted by molar-refractivity contribution is 5.77. The maximum atomic E-state index is 12.7. The summed E-state index contributed by atoms with van der Waals surface area (Å²) in [5.74, 6) is 1.17. The molecule has 0 saturated heterocycles. The predicted molar refractivity (Wildman–Crippen MR) is 72.3 cm³/mol. The van der Waals surface area contributed by atoms with Crippen LogP contribution in [0.15, 0.2) is 18.2 Å². The Morgan fingerprint density at radius 1 is 1.35 bits per heavy atom. The Labute approximate surface area is 115 Å². The van der Waals surface area contributed by atoms with Gasteiger partial charge in [-0.2, -0.15) is 13.2 Å². The SMILES string of the molecule is CC(CN)CCc1nc2cc(C(F)(F)F)ccc2n1C. The molecule has 0 aliphatic rings. The van der Waals surface area contributed by atoms with Crippen LogP contribution in [0.5, 0.6) is 0 Å². The predicted octanol–water partition coefficient (Wildman–Crippen LogP) is 3.12. The number of aromatic nitrogens is 2. The molecule has 2 aromatic rings. The topological polar surface area (TPSA) is 43.8 Å². The van der Waals surface area contributed by atoms with E-state index in [1.54, 1.807) is 0 Å². The molecule has 110 valence electrons. The van der Waals surface area contributed by atoms with E-state index in [0.717, 1.165) is 24.4 Å². The zero-order valence-corrected chi connectivity index (χ0v) is 11.5. The van der Waals surface area contributed by atoms with Crippen LogP contribution in [0, 0.1) is 5.92 Å². The molecule has 20 heavy (non-hydrogen) atoms. The van der Waals surface area contributed by atoms with Gasteiger partial charge in [0, 0.05) is 13.5 Å². The standard InChI is InChI=1S/C14H18F3N3/c1-9(8-18)3-6-13-19-11-7-10(14(15,16)17)4-5-12(11)20(13)2/h4-5,7,9H,3,6,8,18H2,1-2H3. The maximum Gasteiger partial charge on any atom is 0.416 e. The first-order valence-electron chi connectivity index (χ1n) is 6.55. The van der Waals surface area contributed by atoms with Crippen LogP contribution >= 0.6 is 0 Å². The van der Waals surface area contributed by atoms with E-state index in [1.165, 1.54) is 6.07 Å². The quantitative estimate of drug-likeness (QED) is 0.938. The Bertz CT molecular complexity index is 601. The Kier molecular flexibility index (Phi) is 4.04. The average Bonchev–Trinajstić information content (AvgIpc) is 2.71. The molecular weight excluding hydrogens is 267 g/mol. The number of aryl methyl sites for hydroxylation is 2. The highest BCUT2D eigenvalue weighted by atomic mass is 19.4. The van der Waals surface area contributed by atoms with E-state index in [2.05, 4.69) is 4.98 Å². The fourth-order valence-electron chi connectivity index (χ4n) is 2.14. The first kappa shape index (κ1) is 14.8. The summed E-state index contributed by atoms with van der Waals surface area (Å²) in [5, 5.41) is 0. The Hall–Kier alpha value is -1.56. The first-order valence-corrected chi connectivity index (χ1v) is 6.55. The minimum atomic E-state index is -4.33. The summed E-state index contributed by atoms with van der Waals surface area (Å²) in [7, 11) is 1.82. The summed E-state index contributed by atoms with van der Waals surface area (Å²) in [5.41, 5.74) is 6.01. The van der Waals surface area contributed by atoms with E-state index in [-0.39, 0.29) is 0 Å². The summed E-state index contributed by atoms with van der Waals surface area (Å²) in [4.78, 5) is 4.31. The molecular formula is C14H18F3N3. The number of imidazole rings is 1. The minimum absolute atomic E-state index is 0.376. The largest absolute Gasteiger partial charge is 0.416 e. The molecule has 1 aromatic heterocycles. The van der Waals surface area contributed by atoms with Gasteiger partial charge in [0.1, 0.15) is 5.82 Å². The molecule has 0 amide bonds. The van der Waals surface area contributed by atoms with E-state index in [1.807, 2.05) is 18.5 Å². The van der Waals surface area contributed by atoms with Crippen molar-refractivity contribution in [2.45, 2.75) is 25.9 Å². The van der Waals surface area contributed by atoms with Gasteiger partial charge in [0.15, 0.2) is 0 Å². The highest BCUT2D eigenvalue weighted by Gasteiger charge is 2.30. The maximum absolute atomic E-state index is 12.7. The lowest BCUT2D eigenvalue weighted by atomic mass is 10.1. The third-order valence-electron chi connectivity index (χ3n) is 3.56. The van der Waals surface area contributed by atoms with E-state index < -0.39 is 11.7 Å². The van der Waals surface area contributed by atoms with Crippen molar-refractivity contribution in [1.29, 1.82) is 0 Å². The first-order chi connectivity index (χ1) is 9.32. The lowest BCUT2D eigenvalue weighted by Crippen LogP contribution is -2.12. The van der Waals surface area contributed by atoms with Gasteiger partial charge in [0.2, 0.25) is 0 Å². The lowest BCUT2D eigenvalue weighted by molar-refractivity contribution is -0.137. The smallest absolute Gasteiger partial charge is 0.331 e. The molecule has 0 radical (unpaired) electrons. The van der Waals surface area contributed by atoms with Crippen LogP contribution < -0.4 is 5.73 Å². The molecule has 1 heterocycles. The van der Waals surface area contributed by atoms with Crippen LogP contribution in [0.25, 0.3) is 11.0 Å². The molecule has 0 spiro atoms. The van der Waals surface area contributed by atoms with Crippen molar-refractivity contribution in [3.05, 3.63) is 29.6 Å². The number of rotatable bonds is 4. The number of nitrogens with two attached hydrogens (primary N) is 1. The molecule has 3 nitrogen and oxygen atoms in total. The molecule has 0 bridgehead atoms. The van der Waals surface area contributed by atoms with Crippen molar-refractivity contribution in [3.63, 3.8) is 0 Å². The molecule has 0 fully saturated rings. The van der Waals surface area contributed by atoms with Crippen molar-refractivity contribution < 1.29 is 13.2 Å². The van der Waals surface area contributed by atoms with Crippen molar-refractivity contribution in [2.24, 2.45) is 18.7 Å². The number of fused-ring (bicyclic) bond motifs is 1. The van der Waals surface area contributed by atoms with E-state index in [4.69, 9.17) is 5.73 Å². The number of alkyl halides is 3. The molecule has 1 aromatic carbocycles. The zero-order valence-electron chi connectivity index (χ0n) is 11.5. The van der Waals surface area contributed by atoms with Crippen molar-refractivity contribution in [3.8, 4) is 0 Å². The second-order valence-electron chi connectivity index (χ2n) is 5.17. The molecule has 0 saturated carbocycles. The zero-order chi connectivity index (χ0) is 14.9. The van der Waals surface area contributed by atoms with Crippen LogP contribution in [-0.4, -0.2) is 16.1 Å². The second-order valence-corrected chi connectivity index (χ2v) is 5.17. The van der Waals surface area contributed by atoms with Crippen LogP contribution in [0.1, 0.15) is 24.7 Å². The summed E-state index contributed by atoms with van der Waals surface area (Å²) < 4.78 is 39.9. The number of benzene rings is 1.